The van der Waals surface area contributed by atoms with E-state index in [1.807, 2.05) is 18.2 Å². The highest BCUT2D eigenvalue weighted by atomic mass is 35.5. The molecule has 0 spiro atoms. The maximum Gasteiger partial charge on any atom is 0.105 e. The van der Waals surface area contributed by atoms with Crippen LogP contribution in [0.25, 0.3) is 0 Å². The zero-order valence-electron chi connectivity index (χ0n) is 9.78. The van der Waals surface area contributed by atoms with Crippen molar-refractivity contribution in [2.45, 2.75) is 25.8 Å². The molecule has 0 saturated carbocycles. The lowest BCUT2D eigenvalue weighted by atomic mass is 10.2. The number of thiophene rings is 1. The van der Waals surface area contributed by atoms with Crippen molar-refractivity contribution >= 4 is 22.9 Å². The van der Waals surface area contributed by atoms with Crippen LogP contribution in [0.4, 0.5) is 0 Å². The second-order valence-corrected chi connectivity index (χ2v) is 5.89. The van der Waals surface area contributed by atoms with Gasteiger partial charge in [-0.15, -0.1) is 11.3 Å². The van der Waals surface area contributed by atoms with Crippen LogP contribution in [0.15, 0.2) is 34.9 Å². The summed E-state index contributed by atoms with van der Waals surface area (Å²) in [5, 5.41) is 3.48. The van der Waals surface area contributed by atoms with Gasteiger partial charge in [0.25, 0.3) is 0 Å². The van der Waals surface area contributed by atoms with Gasteiger partial charge in [0.05, 0.1) is 10.6 Å². The molecule has 0 aromatic carbocycles. The van der Waals surface area contributed by atoms with E-state index in [-0.39, 0.29) is 0 Å². The summed E-state index contributed by atoms with van der Waals surface area (Å²) in [5.74, 6) is 1.03. The van der Waals surface area contributed by atoms with Crippen LogP contribution in [-0.2, 0) is 12.8 Å². The quantitative estimate of drug-likeness (QED) is 0.864. The predicted octanol–water partition coefficient (Wildman–Crippen LogP) is 3.76. The molecule has 0 fully saturated rings. The molecule has 2 rings (SSSR count). The molecule has 0 aliphatic heterocycles. The zero-order valence-corrected chi connectivity index (χ0v) is 11.4. The molecule has 1 N–H and O–H groups in total. The molecular weight excluding hydrogens is 254 g/mol. The fourth-order valence-electron chi connectivity index (χ4n) is 1.73. The van der Waals surface area contributed by atoms with Crippen molar-refractivity contribution < 1.29 is 4.42 Å². The third-order valence-corrected chi connectivity index (χ3v) is 3.87. The Labute approximate surface area is 111 Å². The van der Waals surface area contributed by atoms with E-state index in [9.17, 15) is 0 Å². The summed E-state index contributed by atoms with van der Waals surface area (Å²) in [4.78, 5) is 1.33. The highest BCUT2D eigenvalue weighted by Crippen LogP contribution is 2.21. The highest BCUT2D eigenvalue weighted by Gasteiger charge is 2.05. The molecule has 2 aromatic heterocycles. The fraction of sp³-hybridized carbons (Fsp3) is 0.385. The zero-order chi connectivity index (χ0) is 12.1. The van der Waals surface area contributed by atoms with Crippen LogP contribution in [-0.4, -0.2) is 12.6 Å². The second-order valence-electron chi connectivity index (χ2n) is 4.09. The minimum absolute atomic E-state index is 0.427. The van der Waals surface area contributed by atoms with Gasteiger partial charge >= 0.3 is 0 Å². The van der Waals surface area contributed by atoms with Crippen molar-refractivity contribution in [3.63, 3.8) is 0 Å². The Morgan fingerprint density at radius 1 is 1.41 bits per heavy atom. The van der Waals surface area contributed by atoms with E-state index in [0.29, 0.717) is 6.04 Å². The van der Waals surface area contributed by atoms with Crippen LogP contribution < -0.4 is 5.32 Å². The number of hydrogen-bond donors (Lipinski definition) is 1. The first kappa shape index (κ1) is 12.7. The molecule has 1 atom stereocenters. The van der Waals surface area contributed by atoms with Crippen LogP contribution in [0.2, 0.25) is 4.34 Å². The molecule has 0 bridgehead atoms. The molecule has 0 radical (unpaired) electrons. The monoisotopic (exact) mass is 269 g/mol. The van der Waals surface area contributed by atoms with Crippen LogP contribution in [0.3, 0.4) is 0 Å². The van der Waals surface area contributed by atoms with Gasteiger partial charge in [0, 0.05) is 23.9 Å². The minimum Gasteiger partial charge on any atom is -0.469 e. The molecule has 0 saturated heterocycles. The number of rotatable bonds is 6. The lowest BCUT2D eigenvalue weighted by Gasteiger charge is -2.11. The van der Waals surface area contributed by atoms with E-state index in [2.05, 4.69) is 18.3 Å². The van der Waals surface area contributed by atoms with Gasteiger partial charge in [-0.25, -0.2) is 0 Å². The second kappa shape index (κ2) is 6.24. The number of hydrogen-bond acceptors (Lipinski definition) is 3. The third-order valence-electron chi connectivity index (χ3n) is 2.58. The molecule has 0 aliphatic rings. The molecule has 0 amide bonds. The Bertz CT molecular complexity index is 438. The molecule has 2 aromatic rings. The van der Waals surface area contributed by atoms with E-state index < -0.39 is 0 Å². The van der Waals surface area contributed by atoms with E-state index in [1.54, 1.807) is 17.6 Å². The summed E-state index contributed by atoms with van der Waals surface area (Å²) < 4.78 is 6.18. The van der Waals surface area contributed by atoms with E-state index >= 15 is 0 Å². The Morgan fingerprint density at radius 3 is 2.94 bits per heavy atom. The van der Waals surface area contributed by atoms with Gasteiger partial charge in [-0.2, -0.15) is 0 Å². The molecular formula is C13H16ClNOS. The van der Waals surface area contributed by atoms with Crippen molar-refractivity contribution in [3.8, 4) is 0 Å². The summed E-state index contributed by atoms with van der Waals surface area (Å²) >= 11 is 7.53. The van der Waals surface area contributed by atoms with Gasteiger partial charge < -0.3 is 9.73 Å². The number of nitrogens with one attached hydrogen (secondary N) is 1. The summed E-state index contributed by atoms with van der Waals surface area (Å²) in [7, 11) is 0. The van der Waals surface area contributed by atoms with Crippen LogP contribution in [0, 0.1) is 0 Å². The molecule has 1 unspecified atom stereocenters. The molecule has 0 aliphatic carbocycles. The average molecular weight is 270 g/mol. The van der Waals surface area contributed by atoms with Gasteiger partial charge in [0.1, 0.15) is 5.76 Å². The van der Waals surface area contributed by atoms with E-state index in [4.69, 9.17) is 16.0 Å². The predicted molar refractivity (Wildman–Crippen MR) is 72.9 cm³/mol. The lowest BCUT2D eigenvalue weighted by Crippen LogP contribution is -2.29. The van der Waals surface area contributed by atoms with Gasteiger partial charge in [0.2, 0.25) is 0 Å². The van der Waals surface area contributed by atoms with Gasteiger partial charge in [-0.1, -0.05) is 11.6 Å². The first-order valence-electron chi connectivity index (χ1n) is 5.74. The van der Waals surface area contributed by atoms with Crippen LogP contribution in [0.5, 0.6) is 0 Å². The summed E-state index contributed by atoms with van der Waals surface area (Å²) in [6.45, 7) is 3.14. The molecule has 92 valence electrons. The minimum atomic E-state index is 0.427. The summed E-state index contributed by atoms with van der Waals surface area (Å²) in [6, 6.07) is 8.41. The van der Waals surface area contributed by atoms with E-state index in [0.717, 1.165) is 29.5 Å². The topological polar surface area (TPSA) is 25.2 Å². The van der Waals surface area contributed by atoms with Crippen molar-refractivity contribution in [1.29, 1.82) is 0 Å². The molecule has 17 heavy (non-hydrogen) atoms. The highest BCUT2D eigenvalue weighted by molar-refractivity contribution is 7.16. The largest absolute Gasteiger partial charge is 0.469 e. The van der Waals surface area contributed by atoms with Crippen molar-refractivity contribution in [2.24, 2.45) is 0 Å². The Hall–Kier alpha value is -0.770. The van der Waals surface area contributed by atoms with Gasteiger partial charge in [0.15, 0.2) is 0 Å². The van der Waals surface area contributed by atoms with Crippen molar-refractivity contribution in [1.82, 2.24) is 5.32 Å². The average Bonchev–Trinajstić information content (AvgIpc) is 2.90. The first-order valence-corrected chi connectivity index (χ1v) is 6.93. The Balaban J connectivity index is 1.68. The van der Waals surface area contributed by atoms with Crippen LogP contribution in [0.1, 0.15) is 17.6 Å². The maximum atomic E-state index is 5.88. The number of furan rings is 1. The summed E-state index contributed by atoms with van der Waals surface area (Å²) in [5.41, 5.74) is 0. The van der Waals surface area contributed by atoms with Gasteiger partial charge in [-0.3, -0.25) is 0 Å². The first-order chi connectivity index (χ1) is 8.24. The Morgan fingerprint density at radius 2 is 2.29 bits per heavy atom. The lowest BCUT2D eigenvalue weighted by molar-refractivity contribution is 0.459. The maximum absolute atomic E-state index is 5.88. The Kier molecular flexibility index (Phi) is 4.66. The van der Waals surface area contributed by atoms with Crippen molar-refractivity contribution in [2.75, 3.05) is 6.54 Å². The summed E-state index contributed by atoms with van der Waals surface area (Å²) in [6.07, 6.45) is 3.67. The molecule has 4 heteroatoms. The smallest absolute Gasteiger partial charge is 0.105 e. The molecule has 2 nitrogen and oxygen atoms in total. The molecule has 2 heterocycles. The van der Waals surface area contributed by atoms with Crippen molar-refractivity contribution in [3.05, 3.63) is 45.5 Å². The number of halogens is 1. The third kappa shape index (κ3) is 4.19. The van der Waals surface area contributed by atoms with E-state index in [1.165, 1.54) is 4.88 Å². The van der Waals surface area contributed by atoms with Gasteiger partial charge in [-0.05, 0) is 37.6 Å². The normalized spacial score (nSPS) is 12.8. The SMILES string of the molecule is CC(Cc1ccco1)NCCc1ccc(Cl)s1. The van der Waals surface area contributed by atoms with Crippen LogP contribution >= 0.6 is 22.9 Å². The fourth-order valence-corrected chi connectivity index (χ4v) is 2.82. The standard InChI is InChI=1S/C13H16ClNOS/c1-10(9-11-3-2-8-16-11)15-7-6-12-4-5-13(14)17-12/h2-5,8,10,15H,6-7,9H2,1H3.